The van der Waals surface area contributed by atoms with Crippen LogP contribution in [0, 0.1) is 17.5 Å². The van der Waals surface area contributed by atoms with Gasteiger partial charge in [-0.25, -0.2) is 13.2 Å². The van der Waals surface area contributed by atoms with Crippen molar-refractivity contribution in [1.29, 1.82) is 0 Å². The van der Waals surface area contributed by atoms with Crippen LogP contribution in [0.3, 0.4) is 0 Å². The molecule has 0 aliphatic carbocycles. The fourth-order valence-corrected chi connectivity index (χ4v) is 2.83. The summed E-state index contributed by atoms with van der Waals surface area (Å²) in [6.45, 7) is 5.35. The van der Waals surface area contributed by atoms with E-state index in [0.717, 1.165) is 18.6 Å². The Hall–Kier alpha value is -1.11. The predicted molar refractivity (Wildman–Crippen MR) is 74.3 cm³/mol. The molecule has 1 heterocycles. The van der Waals surface area contributed by atoms with Crippen molar-refractivity contribution >= 4 is 0 Å². The molecule has 0 bridgehead atoms. The van der Waals surface area contributed by atoms with E-state index in [9.17, 15) is 13.2 Å². The maximum absolute atomic E-state index is 13.5. The molecular formula is C15H21F3N2O. The predicted octanol–water partition coefficient (Wildman–Crippen LogP) is 2.60. The Kier molecular flexibility index (Phi) is 5.24. The van der Waals surface area contributed by atoms with Gasteiger partial charge in [0.1, 0.15) is 0 Å². The number of ether oxygens (including phenoxy) is 1. The SMILES string of the molecule is CCC1COC(C)CN1C(CN)c1cc(F)c(F)c(F)c1. The standard InChI is InChI=1S/C15H21F3N2O/c1-3-11-8-21-9(2)7-20(11)14(6-19)10-4-12(16)15(18)13(17)5-10/h4-5,9,11,14H,3,6-8,19H2,1-2H3. The molecule has 1 aromatic carbocycles. The summed E-state index contributed by atoms with van der Waals surface area (Å²) >= 11 is 0. The number of rotatable bonds is 4. The van der Waals surface area contributed by atoms with Crippen molar-refractivity contribution in [1.82, 2.24) is 4.90 Å². The number of halogens is 3. The van der Waals surface area contributed by atoms with E-state index in [1.165, 1.54) is 0 Å². The Morgan fingerprint density at radius 2 is 1.95 bits per heavy atom. The van der Waals surface area contributed by atoms with E-state index in [1.807, 2.05) is 13.8 Å². The summed E-state index contributed by atoms with van der Waals surface area (Å²) in [7, 11) is 0. The fraction of sp³-hybridized carbons (Fsp3) is 0.600. The molecule has 1 aliphatic heterocycles. The fourth-order valence-electron chi connectivity index (χ4n) is 2.83. The third-order valence-electron chi connectivity index (χ3n) is 4.00. The molecule has 3 unspecified atom stereocenters. The lowest BCUT2D eigenvalue weighted by Crippen LogP contribution is -2.51. The summed E-state index contributed by atoms with van der Waals surface area (Å²) in [5.41, 5.74) is 6.18. The molecule has 0 saturated carbocycles. The Labute approximate surface area is 122 Å². The minimum Gasteiger partial charge on any atom is -0.376 e. The van der Waals surface area contributed by atoms with Crippen LogP contribution in [-0.2, 0) is 4.74 Å². The summed E-state index contributed by atoms with van der Waals surface area (Å²) in [4.78, 5) is 2.10. The maximum Gasteiger partial charge on any atom is 0.194 e. The molecule has 3 atom stereocenters. The van der Waals surface area contributed by atoms with Gasteiger partial charge in [-0.05, 0) is 31.0 Å². The van der Waals surface area contributed by atoms with Gasteiger partial charge in [0.25, 0.3) is 0 Å². The van der Waals surface area contributed by atoms with Crippen LogP contribution in [0.2, 0.25) is 0 Å². The third kappa shape index (κ3) is 3.39. The van der Waals surface area contributed by atoms with Crippen LogP contribution in [0.5, 0.6) is 0 Å². The number of nitrogens with two attached hydrogens (primary N) is 1. The molecule has 2 rings (SSSR count). The topological polar surface area (TPSA) is 38.5 Å². The van der Waals surface area contributed by atoms with E-state index in [0.29, 0.717) is 18.7 Å². The van der Waals surface area contributed by atoms with E-state index in [-0.39, 0.29) is 24.7 Å². The molecule has 6 heteroatoms. The first kappa shape index (κ1) is 16.3. The molecule has 0 aromatic heterocycles. The molecule has 1 aromatic rings. The van der Waals surface area contributed by atoms with Crippen LogP contribution >= 0.6 is 0 Å². The molecule has 0 spiro atoms. The zero-order valence-corrected chi connectivity index (χ0v) is 12.3. The Bertz CT molecular complexity index is 475. The van der Waals surface area contributed by atoms with Gasteiger partial charge >= 0.3 is 0 Å². The average Bonchev–Trinajstić information content (AvgIpc) is 2.46. The Balaban J connectivity index is 2.33. The zero-order valence-electron chi connectivity index (χ0n) is 12.3. The Morgan fingerprint density at radius 3 is 2.48 bits per heavy atom. The molecule has 0 radical (unpaired) electrons. The molecule has 0 amide bonds. The minimum absolute atomic E-state index is 0.0250. The first-order valence-corrected chi connectivity index (χ1v) is 7.19. The summed E-state index contributed by atoms with van der Waals surface area (Å²) in [5, 5.41) is 0. The average molecular weight is 302 g/mol. The van der Waals surface area contributed by atoms with Crippen LogP contribution in [-0.4, -0.2) is 36.7 Å². The van der Waals surface area contributed by atoms with Gasteiger partial charge in [-0.15, -0.1) is 0 Å². The molecule has 21 heavy (non-hydrogen) atoms. The lowest BCUT2D eigenvalue weighted by Gasteiger charge is -2.43. The minimum atomic E-state index is -1.45. The van der Waals surface area contributed by atoms with Crippen molar-refractivity contribution < 1.29 is 17.9 Å². The highest BCUT2D eigenvalue weighted by atomic mass is 19.2. The molecule has 3 nitrogen and oxygen atoms in total. The number of morpholine rings is 1. The summed E-state index contributed by atoms with van der Waals surface area (Å²) < 4.78 is 45.6. The van der Waals surface area contributed by atoms with E-state index in [1.54, 1.807) is 0 Å². The van der Waals surface area contributed by atoms with Crippen LogP contribution < -0.4 is 5.73 Å². The molecule has 1 aliphatic rings. The van der Waals surface area contributed by atoms with Crippen molar-refractivity contribution in [3.8, 4) is 0 Å². The highest BCUT2D eigenvalue weighted by Crippen LogP contribution is 2.28. The van der Waals surface area contributed by atoms with Crippen LogP contribution in [0.1, 0.15) is 31.9 Å². The van der Waals surface area contributed by atoms with Gasteiger partial charge < -0.3 is 10.5 Å². The van der Waals surface area contributed by atoms with E-state index in [4.69, 9.17) is 10.5 Å². The van der Waals surface area contributed by atoms with Crippen LogP contribution in [0.15, 0.2) is 12.1 Å². The quantitative estimate of drug-likeness (QED) is 0.869. The molecule has 1 saturated heterocycles. The van der Waals surface area contributed by atoms with Gasteiger partial charge in [-0.2, -0.15) is 0 Å². The second-order valence-electron chi connectivity index (χ2n) is 5.45. The van der Waals surface area contributed by atoms with Gasteiger partial charge in [0.2, 0.25) is 0 Å². The van der Waals surface area contributed by atoms with Crippen molar-refractivity contribution in [3.63, 3.8) is 0 Å². The summed E-state index contributed by atoms with van der Waals surface area (Å²) in [6.07, 6.45) is 0.868. The molecule has 1 fully saturated rings. The van der Waals surface area contributed by atoms with Crippen LogP contribution in [0.4, 0.5) is 13.2 Å². The third-order valence-corrected chi connectivity index (χ3v) is 4.00. The van der Waals surface area contributed by atoms with Crippen molar-refractivity contribution in [2.45, 2.75) is 38.5 Å². The van der Waals surface area contributed by atoms with Gasteiger partial charge in [0.05, 0.1) is 12.7 Å². The number of benzene rings is 1. The largest absolute Gasteiger partial charge is 0.376 e. The highest BCUT2D eigenvalue weighted by Gasteiger charge is 2.32. The van der Waals surface area contributed by atoms with Crippen molar-refractivity contribution in [2.24, 2.45) is 5.73 Å². The van der Waals surface area contributed by atoms with Gasteiger partial charge in [0.15, 0.2) is 17.5 Å². The first-order chi connectivity index (χ1) is 9.97. The zero-order chi connectivity index (χ0) is 15.6. The van der Waals surface area contributed by atoms with E-state index >= 15 is 0 Å². The molecule has 2 N–H and O–H groups in total. The monoisotopic (exact) mass is 302 g/mol. The lowest BCUT2D eigenvalue weighted by molar-refractivity contribution is -0.0719. The Morgan fingerprint density at radius 1 is 1.33 bits per heavy atom. The van der Waals surface area contributed by atoms with E-state index in [2.05, 4.69) is 4.90 Å². The van der Waals surface area contributed by atoms with Crippen LogP contribution in [0.25, 0.3) is 0 Å². The smallest absolute Gasteiger partial charge is 0.194 e. The number of hydrogen-bond acceptors (Lipinski definition) is 3. The normalized spacial score (nSPS) is 25.0. The van der Waals surface area contributed by atoms with Gasteiger partial charge in [-0.1, -0.05) is 6.92 Å². The van der Waals surface area contributed by atoms with E-state index < -0.39 is 17.5 Å². The summed E-state index contributed by atoms with van der Waals surface area (Å²) in [5.74, 6) is -3.81. The number of nitrogens with zero attached hydrogens (tertiary/aromatic N) is 1. The maximum atomic E-state index is 13.5. The molecular weight excluding hydrogens is 281 g/mol. The second kappa shape index (κ2) is 6.77. The molecule has 118 valence electrons. The first-order valence-electron chi connectivity index (χ1n) is 7.19. The van der Waals surface area contributed by atoms with Gasteiger partial charge in [0, 0.05) is 25.2 Å². The second-order valence-corrected chi connectivity index (χ2v) is 5.45. The number of hydrogen-bond donors (Lipinski definition) is 1. The van der Waals surface area contributed by atoms with Crippen molar-refractivity contribution in [3.05, 3.63) is 35.1 Å². The van der Waals surface area contributed by atoms with Crippen molar-refractivity contribution in [2.75, 3.05) is 19.7 Å². The van der Waals surface area contributed by atoms with Gasteiger partial charge in [-0.3, -0.25) is 4.90 Å². The summed E-state index contributed by atoms with van der Waals surface area (Å²) in [6, 6.07) is 1.84. The lowest BCUT2D eigenvalue weighted by atomic mass is 10.00. The highest BCUT2D eigenvalue weighted by molar-refractivity contribution is 5.23.